The molecule has 2 aromatic carbocycles. The number of hydrogen-bond donors (Lipinski definition) is 2. The van der Waals surface area contributed by atoms with Gasteiger partial charge in [-0.05, 0) is 31.9 Å². The fourth-order valence-corrected chi connectivity index (χ4v) is 3.43. The van der Waals surface area contributed by atoms with E-state index in [1.54, 1.807) is 24.3 Å². The number of ketones is 2. The molecule has 0 saturated heterocycles. The lowest BCUT2D eigenvalue weighted by atomic mass is 9.83. The van der Waals surface area contributed by atoms with Crippen LogP contribution in [0.3, 0.4) is 0 Å². The molecule has 0 spiro atoms. The number of halogens is 2. The second kappa shape index (κ2) is 4.43. The molecule has 0 unspecified atom stereocenters. The third-order valence-electron chi connectivity index (χ3n) is 3.26. The molecule has 6 heteroatoms. The summed E-state index contributed by atoms with van der Waals surface area (Å²) in [7, 11) is 0. The molecule has 4 nitrogen and oxygen atoms in total. The van der Waals surface area contributed by atoms with E-state index < -0.39 is 0 Å². The molecular weight excluding hydrogens is 390 g/mol. The molecule has 1 aliphatic carbocycles. The summed E-state index contributed by atoms with van der Waals surface area (Å²) in [5.41, 5.74) is 6.73. The Balaban J connectivity index is 2.46. The smallest absolute Gasteiger partial charge is 0.195 e. The van der Waals surface area contributed by atoms with Crippen molar-refractivity contribution < 1.29 is 14.7 Å². The predicted molar refractivity (Wildman–Crippen MR) is 81.2 cm³/mol. The Morgan fingerprint density at radius 2 is 1.35 bits per heavy atom. The van der Waals surface area contributed by atoms with Crippen molar-refractivity contribution in [2.75, 3.05) is 5.73 Å². The van der Waals surface area contributed by atoms with Gasteiger partial charge in [0.1, 0.15) is 0 Å². The van der Waals surface area contributed by atoms with E-state index in [9.17, 15) is 14.7 Å². The Bertz CT molecular complexity index is 733. The third kappa shape index (κ3) is 1.58. The first kappa shape index (κ1) is 13.3. The summed E-state index contributed by atoms with van der Waals surface area (Å²) in [4.78, 5) is 25.1. The van der Waals surface area contributed by atoms with Crippen LogP contribution in [0.15, 0.2) is 33.2 Å². The number of rotatable bonds is 0. The highest BCUT2D eigenvalue weighted by Gasteiger charge is 2.35. The quantitative estimate of drug-likeness (QED) is 0.451. The Kier molecular flexibility index (Phi) is 2.95. The highest BCUT2D eigenvalue weighted by atomic mass is 79.9. The topological polar surface area (TPSA) is 80.4 Å². The van der Waals surface area contributed by atoms with Crippen molar-refractivity contribution in [1.29, 1.82) is 0 Å². The predicted octanol–water partition coefficient (Wildman–Crippen LogP) is 3.27. The second-order valence-corrected chi connectivity index (χ2v) is 5.93. The van der Waals surface area contributed by atoms with Gasteiger partial charge in [-0.2, -0.15) is 0 Å². The number of aromatic hydroxyl groups is 1. The Morgan fingerprint density at radius 3 is 1.85 bits per heavy atom. The van der Waals surface area contributed by atoms with Crippen LogP contribution in [-0.4, -0.2) is 16.7 Å². The van der Waals surface area contributed by atoms with Crippen LogP contribution in [-0.2, 0) is 0 Å². The number of phenols is 1. The van der Waals surface area contributed by atoms with Crippen molar-refractivity contribution in [3.8, 4) is 5.75 Å². The van der Waals surface area contributed by atoms with Gasteiger partial charge in [-0.1, -0.05) is 24.3 Å². The van der Waals surface area contributed by atoms with E-state index >= 15 is 0 Å². The van der Waals surface area contributed by atoms with E-state index in [0.29, 0.717) is 11.1 Å². The monoisotopic (exact) mass is 395 g/mol. The van der Waals surface area contributed by atoms with Crippen LogP contribution in [0.5, 0.6) is 5.75 Å². The zero-order valence-electron chi connectivity index (χ0n) is 9.91. The van der Waals surface area contributed by atoms with E-state index in [1.165, 1.54) is 0 Å². The molecule has 0 aliphatic heterocycles. The lowest BCUT2D eigenvalue weighted by Gasteiger charge is -2.21. The molecular formula is C14H7Br2NO3. The number of nitrogens with two attached hydrogens (primary N) is 1. The standard InChI is InChI=1S/C14H7Br2NO3/c15-9-7-8(10(16)14(20)11(9)17)13(19)6-4-2-1-3-5(6)12(7)18/h1-4,20H,17H2. The van der Waals surface area contributed by atoms with Gasteiger partial charge in [-0.15, -0.1) is 0 Å². The van der Waals surface area contributed by atoms with E-state index in [-0.39, 0.29) is 43.1 Å². The van der Waals surface area contributed by atoms with Crippen molar-refractivity contribution in [2.24, 2.45) is 0 Å². The molecule has 0 fully saturated rings. The van der Waals surface area contributed by atoms with Crippen LogP contribution >= 0.6 is 31.9 Å². The molecule has 0 atom stereocenters. The molecule has 0 saturated carbocycles. The van der Waals surface area contributed by atoms with Gasteiger partial charge in [0.05, 0.1) is 25.8 Å². The summed E-state index contributed by atoms with van der Waals surface area (Å²) in [5.74, 6) is -0.872. The van der Waals surface area contributed by atoms with Crippen molar-refractivity contribution in [1.82, 2.24) is 0 Å². The number of fused-ring (bicyclic) bond motifs is 2. The molecule has 100 valence electrons. The molecule has 3 rings (SSSR count). The minimum atomic E-state index is -0.321. The number of carbonyl (C=O) groups excluding carboxylic acids is 2. The van der Waals surface area contributed by atoms with E-state index in [0.717, 1.165) is 0 Å². The number of nitrogen functional groups attached to an aromatic ring is 1. The van der Waals surface area contributed by atoms with Gasteiger partial charge in [0.25, 0.3) is 0 Å². The zero-order chi connectivity index (χ0) is 14.6. The van der Waals surface area contributed by atoms with Crippen molar-refractivity contribution in [3.05, 3.63) is 55.5 Å². The van der Waals surface area contributed by atoms with Gasteiger partial charge < -0.3 is 10.8 Å². The van der Waals surface area contributed by atoms with Crippen molar-refractivity contribution >= 4 is 49.1 Å². The molecule has 0 heterocycles. The number of hydrogen-bond acceptors (Lipinski definition) is 4. The zero-order valence-corrected chi connectivity index (χ0v) is 13.1. The summed E-state index contributed by atoms with van der Waals surface area (Å²) >= 11 is 6.34. The van der Waals surface area contributed by atoms with E-state index in [1.807, 2.05) is 0 Å². The van der Waals surface area contributed by atoms with Gasteiger partial charge in [0, 0.05) is 11.1 Å². The summed E-state index contributed by atoms with van der Waals surface area (Å²) in [6.07, 6.45) is 0. The first-order chi connectivity index (χ1) is 9.45. The molecule has 3 N–H and O–H groups in total. The van der Waals surface area contributed by atoms with Gasteiger partial charge in [-0.3, -0.25) is 9.59 Å². The summed E-state index contributed by atoms with van der Waals surface area (Å²) in [6, 6.07) is 6.57. The Morgan fingerprint density at radius 1 is 0.900 bits per heavy atom. The minimum Gasteiger partial charge on any atom is -0.505 e. The van der Waals surface area contributed by atoms with E-state index in [2.05, 4.69) is 31.9 Å². The average molecular weight is 397 g/mol. The summed E-state index contributed by atoms with van der Waals surface area (Å²) < 4.78 is 0.377. The highest BCUT2D eigenvalue weighted by Crippen LogP contribution is 2.45. The number of phenolic OH excluding ortho intramolecular Hbond substituents is 1. The van der Waals surface area contributed by atoms with Gasteiger partial charge >= 0.3 is 0 Å². The van der Waals surface area contributed by atoms with Gasteiger partial charge in [0.2, 0.25) is 0 Å². The number of anilines is 1. The van der Waals surface area contributed by atoms with Crippen LogP contribution in [0.1, 0.15) is 31.8 Å². The molecule has 0 bridgehead atoms. The fraction of sp³-hybridized carbons (Fsp3) is 0. The van der Waals surface area contributed by atoms with Crippen molar-refractivity contribution in [3.63, 3.8) is 0 Å². The van der Waals surface area contributed by atoms with Gasteiger partial charge in [-0.25, -0.2) is 0 Å². The van der Waals surface area contributed by atoms with Crippen LogP contribution in [0.25, 0.3) is 0 Å². The highest BCUT2D eigenvalue weighted by molar-refractivity contribution is 9.11. The minimum absolute atomic E-state index is 0.0242. The summed E-state index contributed by atoms with van der Waals surface area (Å²) in [6.45, 7) is 0. The van der Waals surface area contributed by atoms with Crippen molar-refractivity contribution in [2.45, 2.75) is 0 Å². The molecule has 1 aliphatic rings. The van der Waals surface area contributed by atoms with E-state index in [4.69, 9.17) is 5.73 Å². The number of carbonyl (C=O) groups is 2. The maximum Gasteiger partial charge on any atom is 0.195 e. The largest absolute Gasteiger partial charge is 0.505 e. The van der Waals surface area contributed by atoms with Crippen LogP contribution in [0.2, 0.25) is 0 Å². The normalized spacial score (nSPS) is 13.1. The molecule has 0 aromatic heterocycles. The lowest BCUT2D eigenvalue weighted by Crippen LogP contribution is -2.22. The first-order valence-electron chi connectivity index (χ1n) is 5.63. The Labute approximate surface area is 130 Å². The molecule has 0 radical (unpaired) electrons. The molecule has 0 amide bonds. The average Bonchev–Trinajstić information content (AvgIpc) is 2.46. The molecule has 20 heavy (non-hydrogen) atoms. The maximum absolute atomic E-state index is 12.5. The fourth-order valence-electron chi connectivity index (χ4n) is 2.27. The Hall–Kier alpha value is -1.66. The van der Waals surface area contributed by atoms with Gasteiger partial charge in [0.15, 0.2) is 17.3 Å². The third-order valence-corrected chi connectivity index (χ3v) is 4.85. The maximum atomic E-state index is 12.5. The van der Waals surface area contributed by atoms with Crippen LogP contribution in [0.4, 0.5) is 5.69 Å². The lowest BCUT2D eigenvalue weighted by molar-refractivity contribution is 0.0977. The SMILES string of the molecule is Nc1c(O)c(Br)c2c(c1Br)C(=O)c1ccccc1C2=O. The summed E-state index contributed by atoms with van der Waals surface area (Å²) in [5, 5.41) is 9.93. The molecule has 2 aromatic rings. The number of benzene rings is 2. The first-order valence-corrected chi connectivity index (χ1v) is 7.21. The van der Waals surface area contributed by atoms with Crippen LogP contribution < -0.4 is 5.73 Å². The second-order valence-electron chi connectivity index (χ2n) is 4.34. The van der Waals surface area contributed by atoms with Crippen LogP contribution in [0, 0.1) is 0 Å².